The monoisotopic (exact) mass is 225 g/mol. The molecule has 0 bridgehead atoms. The molecule has 0 fully saturated rings. The van der Waals surface area contributed by atoms with Crippen LogP contribution >= 0.6 is 11.6 Å². The van der Waals surface area contributed by atoms with Crippen molar-refractivity contribution in [3.05, 3.63) is 34.9 Å². The number of halogens is 1. The molecule has 3 heteroatoms. The lowest BCUT2D eigenvalue weighted by Gasteiger charge is -2.16. The van der Waals surface area contributed by atoms with Crippen molar-refractivity contribution in [2.45, 2.75) is 32.9 Å². The Bertz CT molecular complexity index is 349. The van der Waals surface area contributed by atoms with Gasteiger partial charge in [0.25, 0.3) is 0 Å². The van der Waals surface area contributed by atoms with E-state index in [1.165, 1.54) is 0 Å². The first-order chi connectivity index (χ1) is 7.02. The van der Waals surface area contributed by atoms with Gasteiger partial charge < -0.3 is 5.32 Å². The van der Waals surface area contributed by atoms with Gasteiger partial charge in [0.2, 0.25) is 0 Å². The molecule has 1 atom stereocenters. The van der Waals surface area contributed by atoms with E-state index in [0.29, 0.717) is 10.6 Å². The maximum Gasteiger partial charge on any atom is 0.180 e. The van der Waals surface area contributed by atoms with Crippen LogP contribution in [0.25, 0.3) is 0 Å². The molecule has 2 nitrogen and oxygen atoms in total. The molecule has 1 aromatic rings. The Morgan fingerprint density at radius 3 is 2.40 bits per heavy atom. The van der Waals surface area contributed by atoms with E-state index in [1.54, 1.807) is 12.1 Å². The van der Waals surface area contributed by atoms with Gasteiger partial charge in [-0.25, -0.2) is 0 Å². The number of benzene rings is 1. The fourth-order valence-corrected chi connectivity index (χ4v) is 1.70. The van der Waals surface area contributed by atoms with Gasteiger partial charge in [0, 0.05) is 11.6 Å². The van der Waals surface area contributed by atoms with E-state index < -0.39 is 0 Å². The van der Waals surface area contributed by atoms with Crippen LogP contribution < -0.4 is 5.32 Å². The minimum absolute atomic E-state index is 0.0364. The Kier molecular flexibility index (Phi) is 4.30. The fraction of sp³-hybridized carbons (Fsp3) is 0.417. The van der Waals surface area contributed by atoms with Crippen LogP contribution in [0.3, 0.4) is 0 Å². The zero-order valence-corrected chi connectivity index (χ0v) is 10.0. The first kappa shape index (κ1) is 12.2. The van der Waals surface area contributed by atoms with E-state index in [2.05, 4.69) is 5.32 Å². The molecule has 0 aliphatic rings. The number of carbonyl (C=O) groups excluding carboxylic acids is 1. The van der Waals surface area contributed by atoms with Crippen LogP contribution in [0.2, 0.25) is 5.02 Å². The van der Waals surface area contributed by atoms with Gasteiger partial charge in [-0.1, -0.05) is 37.6 Å². The van der Waals surface area contributed by atoms with E-state index in [4.69, 9.17) is 11.6 Å². The molecule has 1 unspecified atom stereocenters. The zero-order chi connectivity index (χ0) is 11.4. The summed E-state index contributed by atoms with van der Waals surface area (Å²) >= 11 is 5.95. The number of carbonyl (C=O) groups is 1. The van der Waals surface area contributed by atoms with Crippen molar-refractivity contribution in [1.82, 2.24) is 5.32 Å². The predicted molar refractivity (Wildman–Crippen MR) is 63.5 cm³/mol. The first-order valence-electron chi connectivity index (χ1n) is 5.07. The molecule has 0 aliphatic carbocycles. The predicted octanol–water partition coefficient (Wildman–Crippen LogP) is 2.91. The minimum Gasteiger partial charge on any atom is -0.305 e. The average Bonchev–Trinajstić information content (AvgIpc) is 2.16. The first-order valence-corrected chi connectivity index (χ1v) is 5.45. The molecular weight excluding hydrogens is 210 g/mol. The maximum absolute atomic E-state index is 12.0. The summed E-state index contributed by atoms with van der Waals surface area (Å²) < 4.78 is 0. The van der Waals surface area contributed by atoms with Crippen molar-refractivity contribution in [1.29, 1.82) is 0 Å². The third-order valence-electron chi connectivity index (χ3n) is 2.12. The third kappa shape index (κ3) is 3.33. The molecule has 0 radical (unpaired) electrons. The van der Waals surface area contributed by atoms with E-state index in [9.17, 15) is 4.79 Å². The number of Topliss-reactive ketones (excluding diaryl/α,β-unsaturated/α-hetero) is 1. The zero-order valence-electron chi connectivity index (χ0n) is 9.25. The van der Waals surface area contributed by atoms with E-state index in [0.717, 1.165) is 0 Å². The topological polar surface area (TPSA) is 29.1 Å². The van der Waals surface area contributed by atoms with Crippen molar-refractivity contribution >= 4 is 17.4 Å². The Balaban J connectivity index is 2.81. The largest absolute Gasteiger partial charge is 0.305 e. The fourth-order valence-electron chi connectivity index (χ4n) is 1.47. The second kappa shape index (κ2) is 5.29. The highest BCUT2D eigenvalue weighted by Gasteiger charge is 2.17. The van der Waals surface area contributed by atoms with Gasteiger partial charge in [0.15, 0.2) is 5.78 Å². The summed E-state index contributed by atoms with van der Waals surface area (Å²) in [6.07, 6.45) is 0. The quantitative estimate of drug-likeness (QED) is 0.799. The van der Waals surface area contributed by atoms with Crippen LogP contribution in [0.15, 0.2) is 24.3 Å². The van der Waals surface area contributed by atoms with Crippen LogP contribution in [0, 0.1) is 0 Å². The normalized spacial score (nSPS) is 12.9. The van der Waals surface area contributed by atoms with Gasteiger partial charge in [-0.15, -0.1) is 0 Å². The summed E-state index contributed by atoms with van der Waals surface area (Å²) in [6.45, 7) is 5.87. The highest BCUT2D eigenvalue weighted by atomic mass is 35.5. The molecule has 0 aromatic heterocycles. The molecular formula is C12H16ClNO. The molecule has 0 saturated carbocycles. The number of ketones is 1. The van der Waals surface area contributed by atoms with Crippen molar-refractivity contribution < 1.29 is 4.79 Å². The summed E-state index contributed by atoms with van der Waals surface area (Å²) in [6, 6.07) is 7.21. The lowest BCUT2D eigenvalue weighted by atomic mass is 10.0. The van der Waals surface area contributed by atoms with E-state index in [1.807, 2.05) is 32.9 Å². The lowest BCUT2D eigenvalue weighted by Crippen LogP contribution is -2.38. The highest BCUT2D eigenvalue weighted by molar-refractivity contribution is 6.34. The van der Waals surface area contributed by atoms with Crippen molar-refractivity contribution in [2.24, 2.45) is 0 Å². The molecule has 15 heavy (non-hydrogen) atoms. The van der Waals surface area contributed by atoms with Crippen LogP contribution in [0.1, 0.15) is 31.1 Å². The van der Waals surface area contributed by atoms with Gasteiger partial charge in [-0.05, 0) is 19.1 Å². The van der Waals surface area contributed by atoms with Crippen LogP contribution in [0.5, 0.6) is 0 Å². The Hall–Kier alpha value is -0.860. The molecule has 1 N–H and O–H groups in total. The number of hydrogen-bond donors (Lipinski definition) is 1. The van der Waals surface area contributed by atoms with Crippen molar-refractivity contribution in [3.8, 4) is 0 Å². The second-order valence-electron chi connectivity index (χ2n) is 3.89. The summed E-state index contributed by atoms with van der Waals surface area (Å²) in [5, 5.41) is 3.67. The average molecular weight is 226 g/mol. The number of nitrogens with one attached hydrogen (secondary N) is 1. The summed E-state index contributed by atoms with van der Waals surface area (Å²) in [7, 11) is 0. The van der Waals surface area contributed by atoms with Gasteiger partial charge in [-0.3, -0.25) is 4.79 Å². The SMILES string of the molecule is CC(C)NC(C)C(=O)c1ccccc1Cl. The van der Waals surface area contributed by atoms with Crippen LogP contribution in [0.4, 0.5) is 0 Å². The van der Waals surface area contributed by atoms with Gasteiger partial charge in [-0.2, -0.15) is 0 Å². The minimum atomic E-state index is -0.204. The van der Waals surface area contributed by atoms with E-state index in [-0.39, 0.29) is 17.9 Å². The molecule has 0 amide bonds. The Labute approximate surface area is 95.6 Å². The van der Waals surface area contributed by atoms with Crippen LogP contribution in [-0.4, -0.2) is 17.9 Å². The van der Waals surface area contributed by atoms with Gasteiger partial charge in [0.1, 0.15) is 0 Å². The van der Waals surface area contributed by atoms with E-state index >= 15 is 0 Å². The van der Waals surface area contributed by atoms with Crippen molar-refractivity contribution in [2.75, 3.05) is 0 Å². The smallest absolute Gasteiger partial charge is 0.180 e. The molecule has 82 valence electrons. The molecule has 1 aromatic carbocycles. The summed E-state index contributed by atoms with van der Waals surface area (Å²) in [4.78, 5) is 12.0. The number of hydrogen-bond acceptors (Lipinski definition) is 2. The van der Waals surface area contributed by atoms with Gasteiger partial charge >= 0.3 is 0 Å². The molecule has 0 saturated heterocycles. The summed E-state index contributed by atoms with van der Waals surface area (Å²) in [5.41, 5.74) is 0.583. The standard InChI is InChI=1S/C12H16ClNO/c1-8(2)14-9(3)12(15)10-6-4-5-7-11(10)13/h4-9,14H,1-3H3. The molecule has 1 rings (SSSR count). The van der Waals surface area contributed by atoms with Gasteiger partial charge in [0.05, 0.1) is 11.1 Å². The third-order valence-corrected chi connectivity index (χ3v) is 2.45. The highest BCUT2D eigenvalue weighted by Crippen LogP contribution is 2.16. The molecule has 0 aliphatic heterocycles. The lowest BCUT2D eigenvalue weighted by molar-refractivity contribution is 0.0946. The Morgan fingerprint density at radius 1 is 1.27 bits per heavy atom. The van der Waals surface area contributed by atoms with Crippen LogP contribution in [-0.2, 0) is 0 Å². The summed E-state index contributed by atoms with van der Waals surface area (Å²) in [5.74, 6) is 0.0364. The number of rotatable bonds is 4. The molecule has 0 heterocycles. The maximum atomic E-state index is 12.0. The Morgan fingerprint density at radius 2 is 1.87 bits per heavy atom. The van der Waals surface area contributed by atoms with Crippen molar-refractivity contribution in [3.63, 3.8) is 0 Å². The molecule has 0 spiro atoms. The second-order valence-corrected chi connectivity index (χ2v) is 4.29.